The highest BCUT2D eigenvalue weighted by Gasteiger charge is 2.33. The summed E-state index contributed by atoms with van der Waals surface area (Å²) in [5.74, 6) is -1.00. The Labute approximate surface area is 195 Å². The van der Waals surface area contributed by atoms with Crippen molar-refractivity contribution < 1.29 is 17.6 Å². The number of amides is 1. The standard InChI is InChI=1S/C25H32FN3O3S/c26-23-10-12-24(13-11-23)33(31,32)29-16-6-9-22(19-29)25(30)27-17-20-7-2-3-8-21(20)18-28-14-4-1-5-15-28/h2-3,7-8,10-13,22H,1,4-6,9,14-19H2,(H,27,30). The summed E-state index contributed by atoms with van der Waals surface area (Å²) in [4.78, 5) is 15.4. The number of piperidine rings is 2. The van der Waals surface area contributed by atoms with Gasteiger partial charge >= 0.3 is 0 Å². The van der Waals surface area contributed by atoms with Crippen LogP contribution in [-0.2, 0) is 27.9 Å². The number of sulfonamides is 1. The Bertz CT molecular complexity index is 1050. The lowest BCUT2D eigenvalue weighted by Gasteiger charge is -2.31. The van der Waals surface area contributed by atoms with Gasteiger partial charge in [0.25, 0.3) is 0 Å². The SMILES string of the molecule is O=C(NCc1ccccc1CN1CCCCC1)C1CCCN(S(=O)(=O)c2ccc(F)cc2)C1. The van der Waals surface area contributed by atoms with E-state index in [1.807, 2.05) is 18.2 Å². The predicted molar refractivity (Wildman–Crippen MR) is 125 cm³/mol. The number of hydrogen-bond donors (Lipinski definition) is 1. The maximum Gasteiger partial charge on any atom is 0.243 e. The van der Waals surface area contributed by atoms with Crippen LogP contribution < -0.4 is 5.32 Å². The van der Waals surface area contributed by atoms with Crippen LogP contribution in [0.1, 0.15) is 43.2 Å². The fourth-order valence-corrected chi connectivity index (χ4v) is 6.22. The van der Waals surface area contributed by atoms with Crippen LogP contribution in [0.3, 0.4) is 0 Å². The van der Waals surface area contributed by atoms with Crippen molar-refractivity contribution in [3.8, 4) is 0 Å². The first-order valence-corrected chi connectivity index (χ1v) is 13.2. The molecule has 1 atom stereocenters. The van der Waals surface area contributed by atoms with E-state index in [0.29, 0.717) is 25.9 Å². The third kappa shape index (κ3) is 5.99. The molecular weight excluding hydrogens is 441 g/mol. The molecule has 0 spiro atoms. The molecule has 2 saturated heterocycles. The maximum atomic E-state index is 13.2. The van der Waals surface area contributed by atoms with Crippen LogP contribution in [0.5, 0.6) is 0 Å². The van der Waals surface area contributed by atoms with Gasteiger partial charge in [0.05, 0.1) is 10.8 Å². The second kappa shape index (κ2) is 10.8. The first-order chi connectivity index (χ1) is 15.9. The maximum absolute atomic E-state index is 13.2. The van der Waals surface area contributed by atoms with Crippen LogP contribution >= 0.6 is 0 Å². The lowest BCUT2D eigenvalue weighted by atomic mass is 9.98. The van der Waals surface area contributed by atoms with Crippen molar-refractivity contribution in [1.82, 2.24) is 14.5 Å². The summed E-state index contributed by atoms with van der Waals surface area (Å²) in [5.41, 5.74) is 2.33. The van der Waals surface area contributed by atoms with Crippen LogP contribution in [-0.4, -0.2) is 49.7 Å². The Morgan fingerprint density at radius 2 is 1.64 bits per heavy atom. The first-order valence-electron chi connectivity index (χ1n) is 11.8. The van der Waals surface area contributed by atoms with Crippen molar-refractivity contribution >= 4 is 15.9 Å². The monoisotopic (exact) mass is 473 g/mol. The zero-order chi connectivity index (χ0) is 23.3. The Hall–Kier alpha value is -2.29. The molecule has 2 aliphatic rings. The normalized spacial score (nSPS) is 20.5. The van der Waals surface area contributed by atoms with E-state index < -0.39 is 21.8 Å². The number of nitrogens with one attached hydrogen (secondary N) is 1. The molecule has 0 aromatic heterocycles. The van der Waals surface area contributed by atoms with Gasteiger partial charge in [-0.2, -0.15) is 4.31 Å². The molecule has 1 N–H and O–H groups in total. The molecule has 2 aliphatic heterocycles. The molecule has 8 heteroatoms. The van der Waals surface area contributed by atoms with E-state index in [2.05, 4.69) is 16.3 Å². The van der Waals surface area contributed by atoms with Crippen LogP contribution in [0.15, 0.2) is 53.4 Å². The average Bonchev–Trinajstić information content (AvgIpc) is 2.84. The Kier molecular flexibility index (Phi) is 7.78. The van der Waals surface area contributed by atoms with Crippen molar-refractivity contribution in [3.63, 3.8) is 0 Å². The number of hydrogen-bond acceptors (Lipinski definition) is 4. The molecule has 2 aromatic carbocycles. The molecule has 2 aromatic rings. The number of benzene rings is 2. The van der Waals surface area contributed by atoms with Gasteiger partial charge in [0.15, 0.2) is 0 Å². The highest BCUT2D eigenvalue weighted by atomic mass is 32.2. The lowest BCUT2D eigenvalue weighted by molar-refractivity contribution is -0.126. The third-order valence-electron chi connectivity index (χ3n) is 6.62. The van der Waals surface area contributed by atoms with Gasteiger partial charge in [0.1, 0.15) is 5.82 Å². The number of carbonyl (C=O) groups excluding carboxylic acids is 1. The van der Waals surface area contributed by atoms with Gasteiger partial charge in [-0.15, -0.1) is 0 Å². The molecule has 6 nitrogen and oxygen atoms in total. The number of halogens is 1. The molecule has 178 valence electrons. The van der Waals surface area contributed by atoms with E-state index in [4.69, 9.17) is 0 Å². The minimum atomic E-state index is -3.75. The fourth-order valence-electron chi connectivity index (χ4n) is 4.70. The highest BCUT2D eigenvalue weighted by molar-refractivity contribution is 7.89. The second-order valence-electron chi connectivity index (χ2n) is 8.98. The largest absolute Gasteiger partial charge is 0.352 e. The quantitative estimate of drug-likeness (QED) is 0.668. The molecule has 0 bridgehead atoms. The fraction of sp³-hybridized carbons (Fsp3) is 0.480. The minimum absolute atomic E-state index is 0.0524. The van der Waals surface area contributed by atoms with Crippen LogP contribution in [0.2, 0.25) is 0 Å². The number of nitrogens with zero attached hydrogens (tertiary/aromatic N) is 2. The zero-order valence-electron chi connectivity index (χ0n) is 18.9. The molecule has 2 fully saturated rings. The first kappa shape index (κ1) is 23.9. The van der Waals surface area contributed by atoms with E-state index in [1.165, 1.54) is 41.3 Å². The van der Waals surface area contributed by atoms with E-state index >= 15 is 0 Å². The van der Waals surface area contributed by atoms with Crippen LogP contribution in [0.4, 0.5) is 4.39 Å². The molecule has 0 saturated carbocycles. The topological polar surface area (TPSA) is 69.7 Å². The van der Waals surface area contributed by atoms with Crippen LogP contribution in [0.25, 0.3) is 0 Å². The lowest BCUT2D eigenvalue weighted by Crippen LogP contribution is -2.45. The molecule has 0 radical (unpaired) electrons. The smallest absolute Gasteiger partial charge is 0.243 e. The van der Waals surface area contributed by atoms with Gasteiger partial charge < -0.3 is 5.32 Å². The molecule has 4 rings (SSSR count). The molecule has 1 unspecified atom stereocenters. The van der Waals surface area contributed by atoms with Gasteiger partial charge in [-0.05, 0) is 74.2 Å². The van der Waals surface area contributed by atoms with Crippen molar-refractivity contribution in [3.05, 3.63) is 65.5 Å². The summed E-state index contributed by atoms with van der Waals surface area (Å²) in [6.07, 6.45) is 5.03. The second-order valence-corrected chi connectivity index (χ2v) is 10.9. The van der Waals surface area contributed by atoms with E-state index in [-0.39, 0.29) is 17.3 Å². The molecule has 0 aliphatic carbocycles. The average molecular weight is 474 g/mol. The molecule has 2 heterocycles. The third-order valence-corrected chi connectivity index (χ3v) is 8.50. The summed E-state index contributed by atoms with van der Waals surface area (Å²) in [5, 5.41) is 3.04. The highest BCUT2D eigenvalue weighted by Crippen LogP contribution is 2.24. The van der Waals surface area contributed by atoms with Crippen molar-refractivity contribution in [1.29, 1.82) is 0 Å². The summed E-state index contributed by atoms with van der Waals surface area (Å²) in [6.45, 7) is 4.05. The minimum Gasteiger partial charge on any atom is -0.352 e. The van der Waals surface area contributed by atoms with Crippen molar-refractivity contribution in [2.24, 2.45) is 5.92 Å². The summed E-state index contributed by atoms with van der Waals surface area (Å²) in [6, 6.07) is 13.0. The van der Waals surface area contributed by atoms with Gasteiger partial charge in [-0.1, -0.05) is 30.7 Å². The predicted octanol–water partition coefficient (Wildman–Crippen LogP) is 3.53. The van der Waals surface area contributed by atoms with Gasteiger partial charge in [0.2, 0.25) is 15.9 Å². The van der Waals surface area contributed by atoms with Gasteiger partial charge in [0, 0.05) is 26.2 Å². The number of carbonyl (C=O) groups is 1. The summed E-state index contributed by atoms with van der Waals surface area (Å²) < 4.78 is 40.4. The molecular formula is C25H32FN3O3S. The van der Waals surface area contributed by atoms with E-state index in [0.717, 1.165) is 37.3 Å². The zero-order valence-corrected chi connectivity index (χ0v) is 19.7. The van der Waals surface area contributed by atoms with Crippen molar-refractivity contribution in [2.45, 2.75) is 50.1 Å². The van der Waals surface area contributed by atoms with Crippen molar-refractivity contribution in [2.75, 3.05) is 26.2 Å². The summed E-state index contributed by atoms with van der Waals surface area (Å²) >= 11 is 0. The molecule has 1 amide bonds. The molecule has 33 heavy (non-hydrogen) atoms. The van der Waals surface area contributed by atoms with Crippen LogP contribution in [0, 0.1) is 11.7 Å². The Morgan fingerprint density at radius 3 is 2.36 bits per heavy atom. The Morgan fingerprint density at radius 1 is 0.939 bits per heavy atom. The van der Waals surface area contributed by atoms with E-state index in [1.54, 1.807) is 0 Å². The van der Waals surface area contributed by atoms with Gasteiger partial charge in [-0.25, -0.2) is 12.8 Å². The number of rotatable bonds is 7. The number of likely N-dealkylation sites (tertiary alicyclic amines) is 1. The summed E-state index contributed by atoms with van der Waals surface area (Å²) in [7, 11) is -3.75. The van der Waals surface area contributed by atoms with Gasteiger partial charge in [-0.3, -0.25) is 9.69 Å². The Balaban J connectivity index is 1.37. The van der Waals surface area contributed by atoms with E-state index in [9.17, 15) is 17.6 Å².